The zero-order valence-corrected chi connectivity index (χ0v) is 19.6. The molecule has 9 heteroatoms. The second-order valence-electron chi connectivity index (χ2n) is 6.87. The van der Waals surface area contributed by atoms with E-state index in [4.69, 9.17) is 4.74 Å². The van der Waals surface area contributed by atoms with Gasteiger partial charge in [0.1, 0.15) is 0 Å². The van der Waals surface area contributed by atoms with E-state index in [1.165, 1.54) is 24.8 Å². The first-order valence-corrected chi connectivity index (χ1v) is 12.4. The maximum Gasteiger partial charge on any atom is 0.251 e. The number of amides is 1. The molecule has 1 atom stereocenters. The van der Waals surface area contributed by atoms with E-state index in [1.807, 2.05) is 5.38 Å². The standard InChI is InChI=1S/C21H31N3O4S2/c1-5-24(6-2)20(17-9-12-29-15-17)14-22-21(25)19-13-18(8-7-16(19)3)30(26,27)23-10-11-28-4/h7-9,12-13,15,20,23H,5-6,10-11,14H2,1-4H3,(H,22,25). The lowest BCUT2D eigenvalue weighted by Crippen LogP contribution is -2.38. The van der Waals surface area contributed by atoms with Crippen molar-refractivity contribution in [3.63, 3.8) is 0 Å². The molecule has 1 unspecified atom stereocenters. The first-order valence-electron chi connectivity index (χ1n) is 9.97. The van der Waals surface area contributed by atoms with Crippen LogP contribution in [0.5, 0.6) is 0 Å². The van der Waals surface area contributed by atoms with Gasteiger partial charge in [0.25, 0.3) is 5.91 Å². The lowest BCUT2D eigenvalue weighted by Gasteiger charge is -2.29. The Bertz CT molecular complexity index is 910. The number of ether oxygens (including phenoxy) is 1. The highest BCUT2D eigenvalue weighted by molar-refractivity contribution is 7.89. The number of rotatable bonds is 12. The van der Waals surface area contributed by atoms with Gasteiger partial charge in [-0.1, -0.05) is 19.9 Å². The number of sulfonamides is 1. The molecule has 0 aliphatic rings. The molecule has 1 aromatic carbocycles. The Hall–Kier alpha value is -1.78. The fourth-order valence-corrected chi connectivity index (χ4v) is 4.99. The number of nitrogens with one attached hydrogen (secondary N) is 2. The SMILES string of the molecule is CCN(CC)C(CNC(=O)c1cc(S(=O)(=O)NCCOC)ccc1C)c1ccsc1. The molecule has 0 radical (unpaired) electrons. The Labute approximate surface area is 183 Å². The van der Waals surface area contributed by atoms with E-state index < -0.39 is 10.0 Å². The monoisotopic (exact) mass is 453 g/mol. The van der Waals surface area contributed by atoms with Crippen LogP contribution in [0.1, 0.15) is 41.4 Å². The number of hydrogen-bond acceptors (Lipinski definition) is 6. The van der Waals surface area contributed by atoms with Crippen LogP contribution in [0.2, 0.25) is 0 Å². The molecule has 1 aromatic heterocycles. The average molecular weight is 454 g/mol. The van der Waals surface area contributed by atoms with Gasteiger partial charge in [-0.25, -0.2) is 13.1 Å². The smallest absolute Gasteiger partial charge is 0.251 e. The number of carbonyl (C=O) groups is 1. The normalized spacial score (nSPS) is 12.8. The van der Waals surface area contributed by atoms with Crippen molar-refractivity contribution in [2.45, 2.75) is 31.7 Å². The van der Waals surface area contributed by atoms with Crippen LogP contribution in [-0.2, 0) is 14.8 Å². The Balaban J connectivity index is 2.17. The first-order chi connectivity index (χ1) is 14.3. The minimum atomic E-state index is -3.71. The number of carbonyl (C=O) groups excluding carboxylic acids is 1. The van der Waals surface area contributed by atoms with Gasteiger partial charge >= 0.3 is 0 Å². The van der Waals surface area contributed by atoms with Gasteiger partial charge in [-0.2, -0.15) is 11.3 Å². The highest BCUT2D eigenvalue weighted by Crippen LogP contribution is 2.23. The summed E-state index contributed by atoms with van der Waals surface area (Å²) >= 11 is 1.63. The molecular formula is C21H31N3O4S2. The predicted molar refractivity (Wildman–Crippen MR) is 121 cm³/mol. The zero-order chi connectivity index (χ0) is 22.1. The summed E-state index contributed by atoms with van der Waals surface area (Å²) in [4.78, 5) is 15.3. The summed E-state index contributed by atoms with van der Waals surface area (Å²) in [6.07, 6.45) is 0. The third-order valence-electron chi connectivity index (χ3n) is 5.00. The molecule has 0 bridgehead atoms. The molecule has 0 spiro atoms. The Morgan fingerprint density at radius 3 is 2.57 bits per heavy atom. The van der Waals surface area contributed by atoms with Crippen molar-refractivity contribution in [1.29, 1.82) is 0 Å². The predicted octanol–water partition coefficient (Wildman–Crippen LogP) is 2.79. The van der Waals surface area contributed by atoms with Crippen molar-refractivity contribution >= 4 is 27.3 Å². The minimum Gasteiger partial charge on any atom is -0.383 e. The van der Waals surface area contributed by atoms with E-state index >= 15 is 0 Å². The van der Waals surface area contributed by atoms with E-state index in [2.05, 4.69) is 40.2 Å². The zero-order valence-electron chi connectivity index (χ0n) is 18.0. The van der Waals surface area contributed by atoms with Crippen LogP contribution in [0.3, 0.4) is 0 Å². The average Bonchev–Trinajstić information content (AvgIpc) is 3.25. The fourth-order valence-electron chi connectivity index (χ4n) is 3.25. The summed E-state index contributed by atoms with van der Waals surface area (Å²) in [5.74, 6) is -0.283. The van der Waals surface area contributed by atoms with E-state index in [1.54, 1.807) is 24.3 Å². The lowest BCUT2D eigenvalue weighted by molar-refractivity contribution is 0.0934. The summed E-state index contributed by atoms with van der Waals surface area (Å²) in [6, 6.07) is 6.73. The van der Waals surface area contributed by atoms with Gasteiger partial charge in [-0.3, -0.25) is 9.69 Å². The second-order valence-corrected chi connectivity index (χ2v) is 9.42. The third kappa shape index (κ3) is 6.36. The molecule has 166 valence electrons. The van der Waals surface area contributed by atoms with Gasteiger partial charge in [0.2, 0.25) is 10.0 Å². The Morgan fingerprint density at radius 2 is 1.97 bits per heavy atom. The largest absolute Gasteiger partial charge is 0.383 e. The fraction of sp³-hybridized carbons (Fsp3) is 0.476. The van der Waals surface area contributed by atoms with Crippen molar-refractivity contribution in [3.05, 3.63) is 51.7 Å². The summed E-state index contributed by atoms with van der Waals surface area (Å²) in [5.41, 5.74) is 2.24. The van der Waals surface area contributed by atoms with Gasteiger partial charge in [0.05, 0.1) is 17.5 Å². The molecule has 0 saturated carbocycles. The van der Waals surface area contributed by atoms with Crippen LogP contribution in [-0.4, -0.2) is 59.1 Å². The van der Waals surface area contributed by atoms with Gasteiger partial charge in [0, 0.05) is 25.8 Å². The number of hydrogen-bond donors (Lipinski definition) is 2. The molecular weight excluding hydrogens is 422 g/mol. The number of likely N-dealkylation sites (N-methyl/N-ethyl adjacent to an activating group) is 1. The lowest BCUT2D eigenvalue weighted by atomic mass is 10.1. The van der Waals surface area contributed by atoms with Gasteiger partial charge in [0.15, 0.2) is 0 Å². The summed E-state index contributed by atoms with van der Waals surface area (Å²) in [6.45, 7) is 8.61. The molecule has 0 fully saturated rings. The Kier molecular flexibility index (Phi) is 9.44. The van der Waals surface area contributed by atoms with Crippen molar-refractivity contribution in [1.82, 2.24) is 14.9 Å². The highest BCUT2D eigenvalue weighted by Gasteiger charge is 2.21. The van der Waals surface area contributed by atoms with E-state index in [9.17, 15) is 13.2 Å². The van der Waals surface area contributed by atoms with E-state index in [0.29, 0.717) is 12.1 Å². The summed E-state index contributed by atoms with van der Waals surface area (Å²) in [5, 5.41) is 7.12. The molecule has 2 rings (SSSR count). The number of methoxy groups -OCH3 is 1. The van der Waals surface area contributed by atoms with Crippen LogP contribution in [0.25, 0.3) is 0 Å². The quantitative estimate of drug-likeness (QED) is 0.483. The maximum absolute atomic E-state index is 12.9. The molecule has 2 N–H and O–H groups in total. The van der Waals surface area contributed by atoms with Crippen molar-refractivity contribution in [2.24, 2.45) is 0 Å². The third-order valence-corrected chi connectivity index (χ3v) is 7.16. The molecule has 0 aliphatic carbocycles. The molecule has 30 heavy (non-hydrogen) atoms. The van der Waals surface area contributed by atoms with Gasteiger partial charge in [-0.05, 0) is 60.1 Å². The maximum atomic E-state index is 12.9. The first kappa shape index (κ1) is 24.5. The van der Waals surface area contributed by atoms with Gasteiger partial charge < -0.3 is 10.1 Å². The molecule has 0 saturated heterocycles. The topological polar surface area (TPSA) is 87.7 Å². The Morgan fingerprint density at radius 1 is 1.23 bits per heavy atom. The van der Waals surface area contributed by atoms with Crippen molar-refractivity contribution < 1.29 is 17.9 Å². The molecule has 1 amide bonds. The summed E-state index contributed by atoms with van der Waals surface area (Å²) in [7, 11) is -2.21. The van der Waals surface area contributed by atoms with Crippen LogP contribution in [0, 0.1) is 6.92 Å². The summed E-state index contributed by atoms with van der Waals surface area (Å²) < 4.78 is 32.3. The molecule has 7 nitrogen and oxygen atoms in total. The number of benzene rings is 1. The highest BCUT2D eigenvalue weighted by atomic mass is 32.2. The van der Waals surface area contributed by atoms with Crippen LogP contribution in [0.4, 0.5) is 0 Å². The minimum absolute atomic E-state index is 0.0625. The molecule has 1 heterocycles. The van der Waals surface area contributed by atoms with Crippen molar-refractivity contribution in [3.8, 4) is 0 Å². The molecule has 0 aliphatic heterocycles. The van der Waals surface area contributed by atoms with E-state index in [-0.39, 0.29) is 30.0 Å². The van der Waals surface area contributed by atoms with Crippen LogP contribution < -0.4 is 10.0 Å². The number of thiophene rings is 1. The van der Waals surface area contributed by atoms with Crippen molar-refractivity contribution in [2.75, 3.05) is 39.9 Å². The van der Waals surface area contributed by atoms with Gasteiger partial charge in [-0.15, -0.1) is 0 Å². The number of nitrogens with zero attached hydrogens (tertiary/aromatic N) is 1. The number of aryl methyl sites for hydroxylation is 1. The van der Waals surface area contributed by atoms with E-state index in [0.717, 1.165) is 18.7 Å². The van der Waals surface area contributed by atoms with Crippen LogP contribution in [0.15, 0.2) is 39.9 Å². The molecule has 2 aromatic rings. The second kappa shape index (κ2) is 11.6. The van der Waals surface area contributed by atoms with Crippen LogP contribution >= 0.6 is 11.3 Å².